The average molecular weight is 343 g/mol. The van der Waals surface area contributed by atoms with E-state index in [1.807, 2.05) is 6.07 Å². The van der Waals surface area contributed by atoms with Gasteiger partial charge >= 0.3 is 0 Å². The lowest BCUT2D eigenvalue weighted by Crippen LogP contribution is -2.15. The largest absolute Gasteiger partial charge is 0.496 e. The molecule has 0 bridgehead atoms. The van der Waals surface area contributed by atoms with Crippen LogP contribution in [0.3, 0.4) is 0 Å². The molecule has 0 spiro atoms. The van der Waals surface area contributed by atoms with Crippen molar-refractivity contribution in [3.63, 3.8) is 0 Å². The van der Waals surface area contributed by atoms with Crippen LogP contribution in [0.1, 0.15) is 5.56 Å². The fourth-order valence-corrected chi connectivity index (χ4v) is 3.55. The lowest BCUT2D eigenvalue weighted by atomic mass is 10.2. The SMILES string of the molecule is COc1ccc(S(=O)(=O)Nc2ccccc2-n2cccn2)cc1C. The van der Waals surface area contributed by atoms with Gasteiger partial charge in [0.2, 0.25) is 0 Å². The fraction of sp³-hybridized carbons (Fsp3) is 0.118. The van der Waals surface area contributed by atoms with Gasteiger partial charge in [0.05, 0.1) is 23.4 Å². The monoisotopic (exact) mass is 343 g/mol. The molecule has 1 heterocycles. The zero-order chi connectivity index (χ0) is 17.2. The molecule has 0 aliphatic rings. The van der Waals surface area contributed by atoms with Gasteiger partial charge in [-0.1, -0.05) is 12.1 Å². The number of para-hydroxylation sites is 2. The summed E-state index contributed by atoms with van der Waals surface area (Å²) in [6.45, 7) is 1.80. The lowest BCUT2D eigenvalue weighted by Gasteiger charge is -2.13. The number of hydrogen-bond donors (Lipinski definition) is 1. The third kappa shape index (κ3) is 3.11. The van der Waals surface area contributed by atoms with Crippen molar-refractivity contribution in [2.45, 2.75) is 11.8 Å². The van der Waals surface area contributed by atoms with E-state index in [0.29, 0.717) is 17.1 Å². The fourth-order valence-electron chi connectivity index (χ4n) is 2.39. The van der Waals surface area contributed by atoms with Crippen molar-refractivity contribution in [2.24, 2.45) is 0 Å². The smallest absolute Gasteiger partial charge is 0.261 e. The first-order valence-electron chi connectivity index (χ1n) is 7.28. The molecule has 0 atom stereocenters. The van der Waals surface area contributed by atoms with Crippen molar-refractivity contribution in [1.82, 2.24) is 9.78 Å². The summed E-state index contributed by atoms with van der Waals surface area (Å²) in [5, 5.41) is 4.15. The molecule has 0 aliphatic heterocycles. The Kier molecular flexibility index (Phi) is 4.26. The second kappa shape index (κ2) is 6.37. The van der Waals surface area contributed by atoms with Crippen molar-refractivity contribution in [2.75, 3.05) is 11.8 Å². The predicted octanol–water partition coefficient (Wildman–Crippen LogP) is 2.99. The van der Waals surface area contributed by atoms with Gasteiger partial charge in [-0.05, 0) is 48.9 Å². The Morgan fingerprint density at radius 1 is 1.12 bits per heavy atom. The second-order valence-corrected chi connectivity index (χ2v) is 6.89. The van der Waals surface area contributed by atoms with Crippen molar-refractivity contribution >= 4 is 15.7 Å². The Morgan fingerprint density at radius 3 is 2.58 bits per heavy atom. The van der Waals surface area contributed by atoms with E-state index in [4.69, 9.17) is 4.74 Å². The molecule has 0 unspecified atom stereocenters. The second-order valence-electron chi connectivity index (χ2n) is 5.20. The summed E-state index contributed by atoms with van der Waals surface area (Å²) < 4.78 is 34.8. The maximum absolute atomic E-state index is 12.7. The molecule has 0 radical (unpaired) electrons. The van der Waals surface area contributed by atoms with Crippen LogP contribution in [0.15, 0.2) is 65.8 Å². The molecule has 1 aromatic heterocycles. The Balaban J connectivity index is 1.98. The summed E-state index contributed by atoms with van der Waals surface area (Å²) in [6, 6.07) is 13.6. The Morgan fingerprint density at radius 2 is 1.92 bits per heavy atom. The van der Waals surface area contributed by atoms with Crippen LogP contribution in [0.5, 0.6) is 5.75 Å². The Bertz CT molecular complexity index is 951. The summed E-state index contributed by atoms with van der Waals surface area (Å²) in [5.41, 5.74) is 1.85. The van der Waals surface area contributed by atoms with Gasteiger partial charge in [0.1, 0.15) is 5.75 Å². The highest BCUT2D eigenvalue weighted by Gasteiger charge is 2.17. The minimum Gasteiger partial charge on any atom is -0.496 e. The number of anilines is 1. The molecule has 0 saturated heterocycles. The number of benzene rings is 2. The van der Waals surface area contributed by atoms with Crippen LogP contribution in [-0.2, 0) is 10.0 Å². The van der Waals surface area contributed by atoms with Crippen molar-refractivity contribution in [3.8, 4) is 11.4 Å². The van der Waals surface area contributed by atoms with E-state index in [0.717, 1.165) is 5.56 Å². The predicted molar refractivity (Wildman–Crippen MR) is 92.1 cm³/mol. The summed E-state index contributed by atoms with van der Waals surface area (Å²) in [6.07, 6.45) is 3.39. The van der Waals surface area contributed by atoms with Crippen LogP contribution >= 0.6 is 0 Å². The van der Waals surface area contributed by atoms with Gasteiger partial charge in [-0.2, -0.15) is 5.10 Å². The minimum absolute atomic E-state index is 0.177. The number of aromatic nitrogens is 2. The van der Waals surface area contributed by atoms with Crippen LogP contribution in [-0.4, -0.2) is 25.3 Å². The third-order valence-corrected chi connectivity index (χ3v) is 4.94. The first-order valence-corrected chi connectivity index (χ1v) is 8.76. The van der Waals surface area contributed by atoms with Gasteiger partial charge < -0.3 is 4.74 Å². The zero-order valence-corrected chi connectivity index (χ0v) is 14.1. The number of hydrogen-bond acceptors (Lipinski definition) is 4. The van der Waals surface area contributed by atoms with E-state index < -0.39 is 10.0 Å². The molecule has 24 heavy (non-hydrogen) atoms. The molecule has 0 fully saturated rings. The number of sulfonamides is 1. The van der Waals surface area contributed by atoms with Crippen LogP contribution in [0, 0.1) is 6.92 Å². The maximum Gasteiger partial charge on any atom is 0.261 e. The van der Waals surface area contributed by atoms with Gasteiger partial charge in [0.15, 0.2) is 0 Å². The lowest BCUT2D eigenvalue weighted by molar-refractivity contribution is 0.411. The van der Waals surface area contributed by atoms with E-state index >= 15 is 0 Å². The van der Waals surface area contributed by atoms with E-state index in [1.54, 1.807) is 67.5 Å². The molecule has 7 heteroatoms. The van der Waals surface area contributed by atoms with Crippen LogP contribution < -0.4 is 9.46 Å². The van der Waals surface area contributed by atoms with E-state index in [9.17, 15) is 8.42 Å². The molecule has 0 aliphatic carbocycles. The number of rotatable bonds is 5. The molecule has 124 valence electrons. The molecular formula is C17H17N3O3S. The van der Waals surface area contributed by atoms with Gasteiger partial charge in [-0.15, -0.1) is 0 Å². The van der Waals surface area contributed by atoms with E-state index in [2.05, 4.69) is 9.82 Å². The molecule has 0 amide bonds. The number of methoxy groups -OCH3 is 1. The molecule has 3 rings (SSSR count). The summed E-state index contributed by atoms with van der Waals surface area (Å²) in [7, 11) is -2.17. The quantitative estimate of drug-likeness (QED) is 0.773. The highest BCUT2D eigenvalue weighted by atomic mass is 32.2. The highest BCUT2D eigenvalue weighted by molar-refractivity contribution is 7.92. The molecule has 0 saturated carbocycles. The molecule has 1 N–H and O–H groups in total. The van der Waals surface area contributed by atoms with Crippen LogP contribution in [0.2, 0.25) is 0 Å². The van der Waals surface area contributed by atoms with E-state index in [-0.39, 0.29) is 4.90 Å². The first-order chi connectivity index (χ1) is 11.5. The van der Waals surface area contributed by atoms with Gasteiger partial charge in [0.25, 0.3) is 10.0 Å². The first kappa shape index (κ1) is 16.1. The summed E-state index contributed by atoms with van der Waals surface area (Å²) in [4.78, 5) is 0.177. The number of nitrogens with one attached hydrogen (secondary N) is 1. The molecular weight excluding hydrogens is 326 g/mol. The molecule has 6 nitrogen and oxygen atoms in total. The standard InChI is InChI=1S/C17H17N3O3S/c1-13-12-14(8-9-17(13)23-2)24(21,22)19-15-6-3-4-7-16(15)20-11-5-10-18-20/h3-12,19H,1-2H3. The minimum atomic E-state index is -3.72. The maximum atomic E-state index is 12.7. The Labute approximate surface area is 140 Å². The summed E-state index contributed by atoms with van der Waals surface area (Å²) in [5.74, 6) is 0.644. The van der Waals surface area contributed by atoms with E-state index in [1.165, 1.54) is 6.07 Å². The number of ether oxygens (including phenoxy) is 1. The van der Waals surface area contributed by atoms with Gasteiger partial charge in [-0.3, -0.25) is 4.72 Å². The third-order valence-electron chi connectivity index (χ3n) is 3.58. The molecule has 3 aromatic rings. The number of aryl methyl sites for hydroxylation is 1. The molecule has 2 aromatic carbocycles. The zero-order valence-electron chi connectivity index (χ0n) is 13.3. The average Bonchev–Trinajstić information content (AvgIpc) is 3.09. The van der Waals surface area contributed by atoms with Crippen molar-refractivity contribution in [1.29, 1.82) is 0 Å². The van der Waals surface area contributed by atoms with Crippen LogP contribution in [0.4, 0.5) is 5.69 Å². The van der Waals surface area contributed by atoms with Gasteiger partial charge in [-0.25, -0.2) is 13.1 Å². The summed E-state index contributed by atoms with van der Waals surface area (Å²) >= 11 is 0. The normalized spacial score (nSPS) is 11.2. The highest BCUT2D eigenvalue weighted by Crippen LogP contribution is 2.25. The topological polar surface area (TPSA) is 73.2 Å². The van der Waals surface area contributed by atoms with Gasteiger partial charge in [0, 0.05) is 12.4 Å². The van der Waals surface area contributed by atoms with Crippen LogP contribution in [0.25, 0.3) is 5.69 Å². The Hall–Kier alpha value is -2.80. The van der Waals surface area contributed by atoms with Crippen molar-refractivity contribution < 1.29 is 13.2 Å². The van der Waals surface area contributed by atoms with Crippen molar-refractivity contribution in [3.05, 3.63) is 66.5 Å². The number of nitrogens with zero attached hydrogens (tertiary/aromatic N) is 2.